The molecule has 0 aliphatic rings. The maximum absolute atomic E-state index is 2.24. The minimum absolute atomic E-state index is 0. The Kier molecular flexibility index (Phi) is 18.0. The van der Waals surface area contributed by atoms with Crippen molar-refractivity contribution in [1.29, 1.82) is 0 Å². The van der Waals surface area contributed by atoms with Gasteiger partial charge in [0.05, 0.1) is 0 Å². The monoisotopic (exact) mass is 542 g/mol. The number of hydrogen-bond donors (Lipinski definition) is 0. The minimum atomic E-state index is -0.258. The van der Waals surface area contributed by atoms with Gasteiger partial charge in [-0.1, -0.05) is 24.3 Å². The Morgan fingerprint density at radius 3 is 1.07 bits per heavy atom. The van der Waals surface area contributed by atoms with E-state index in [0.29, 0.717) is 0 Å². The number of rotatable bonds is 4. The Bertz CT molecular complexity index is 630. The standard InChI is InChI=1S/2C7H7.2C4H4S.2ClH.Sn/c2*1-7-5-3-2-4-6-7;2*1-2-4-5-3-1;;;/h2*2-6H,1H2;2*1-4H;2*1H;/q;;;;;;+2. The summed E-state index contributed by atoms with van der Waals surface area (Å²) in [6, 6.07) is 29.8. The zero-order valence-corrected chi connectivity index (χ0v) is 21.1. The summed E-state index contributed by atoms with van der Waals surface area (Å²) in [6.07, 6.45) is 0. The van der Waals surface area contributed by atoms with Gasteiger partial charge < -0.3 is 0 Å². The van der Waals surface area contributed by atoms with E-state index in [1.165, 1.54) is 20.0 Å². The molecule has 27 heavy (non-hydrogen) atoms. The predicted molar refractivity (Wildman–Crippen MR) is 129 cm³/mol. The second-order valence-electron chi connectivity index (χ2n) is 5.16. The van der Waals surface area contributed by atoms with Gasteiger partial charge in [0.15, 0.2) is 0 Å². The number of hydrogen-bond acceptors (Lipinski definition) is 2. The Morgan fingerprint density at radius 1 is 0.481 bits per heavy atom. The van der Waals surface area contributed by atoms with Crippen LogP contribution >= 0.6 is 47.5 Å². The molecule has 4 rings (SSSR count). The molecule has 0 radical (unpaired) electrons. The maximum atomic E-state index is 2.24. The van der Waals surface area contributed by atoms with Crippen LogP contribution in [0.25, 0.3) is 0 Å². The largest absolute Gasteiger partial charge is 0.152 e. The number of thiophene rings is 2. The third-order valence-electron chi connectivity index (χ3n) is 3.19. The molecule has 0 bridgehead atoms. The van der Waals surface area contributed by atoms with Crippen LogP contribution in [0, 0.1) is 0 Å². The van der Waals surface area contributed by atoms with Crippen molar-refractivity contribution in [3.8, 4) is 0 Å². The second kappa shape index (κ2) is 18.6. The number of halogens is 2. The molecule has 4 aromatic rings. The van der Waals surface area contributed by atoms with Gasteiger partial charge in [-0.3, -0.25) is 0 Å². The molecule has 0 aliphatic carbocycles. The van der Waals surface area contributed by atoms with E-state index in [1.807, 2.05) is 45.8 Å². The van der Waals surface area contributed by atoms with Crippen LogP contribution in [0.3, 0.4) is 0 Å². The average molecular weight is 542 g/mol. The molecular weight excluding hydrogens is 518 g/mol. The molecule has 0 aliphatic heterocycles. The SMILES string of the molecule is Cl.Cl.c1ccc([CH2][Sn+2][CH2]c2ccccc2)cc1.c1ccsc1.c1ccsc1. The summed E-state index contributed by atoms with van der Waals surface area (Å²) in [5.41, 5.74) is 3.03. The quantitative estimate of drug-likeness (QED) is 0.236. The van der Waals surface area contributed by atoms with Gasteiger partial charge in [0.1, 0.15) is 0 Å². The first-order valence-corrected chi connectivity index (χ1v) is 14.1. The van der Waals surface area contributed by atoms with Gasteiger partial charge in [-0.25, -0.2) is 0 Å². The zero-order chi connectivity index (χ0) is 17.4. The second-order valence-corrected chi connectivity index (χ2v) is 10.2. The van der Waals surface area contributed by atoms with Crippen LogP contribution in [0.1, 0.15) is 11.1 Å². The first-order chi connectivity index (χ1) is 12.4. The van der Waals surface area contributed by atoms with Gasteiger partial charge in [0.2, 0.25) is 0 Å². The first-order valence-electron chi connectivity index (χ1n) is 8.18. The molecule has 5 heteroatoms. The van der Waals surface area contributed by atoms with Crippen molar-refractivity contribution in [1.82, 2.24) is 0 Å². The van der Waals surface area contributed by atoms with Gasteiger partial charge in [-0.15, -0.1) is 24.8 Å². The molecule has 2 aromatic carbocycles. The molecule has 2 aromatic heterocycles. The van der Waals surface area contributed by atoms with Crippen molar-refractivity contribution in [3.05, 3.63) is 118 Å². The Morgan fingerprint density at radius 2 is 0.815 bits per heavy atom. The fourth-order valence-electron chi connectivity index (χ4n) is 2.00. The fourth-order valence-corrected chi connectivity index (χ4v) is 6.25. The Hall–Kier alpha value is -0.781. The Labute approximate surface area is 193 Å². The van der Waals surface area contributed by atoms with Gasteiger partial charge in [0.25, 0.3) is 0 Å². The van der Waals surface area contributed by atoms with E-state index in [9.17, 15) is 0 Å². The fraction of sp³-hybridized carbons (Fsp3) is 0.0909. The molecule has 0 N–H and O–H groups in total. The normalized spacial score (nSPS) is 8.30. The molecular formula is C22H24Cl2S2Sn+2. The van der Waals surface area contributed by atoms with E-state index in [-0.39, 0.29) is 46.0 Å². The summed E-state index contributed by atoms with van der Waals surface area (Å²) in [5, 5.41) is 8.17. The van der Waals surface area contributed by atoms with Crippen molar-refractivity contribution >= 4 is 68.6 Å². The average Bonchev–Trinajstić information content (AvgIpc) is 3.42. The molecule has 0 nitrogen and oxygen atoms in total. The van der Waals surface area contributed by atoms with Crippen LogP contribution < -0.4 is 0 Å². The molecule has 0 spiro atoms. The van der Waals surface area contributed by atoms with Crippen molar-refractivity contribution in [2.45, 2.75) is 8.87 Å². The Balaban J connectivity index is 0.000000465. The summed E-state index contributed by atoms with van der Waals surface area (Å²) in [7, 11) is 0. The van der Waals surface area contributed by atoms with Gasteiger partial charge in [0, 0.05) is 0 Å². The van der Waals surface area contributed by atoms with Crippen molar-refractivity contribution in [2.75, 3.05) is 0 Å². The van der Waals surface area contributed by atoms with Crippen LogP contribution in [-0.2, 0) is 8.87 Å². The molecule has 0 saturated heterocycles. The van der Waals surface area contributed by atoms with E-state index in [2.05, 4.69) is 60.7 Å². The molecule has 0 atom stereocenters. The first kappa shape index (κ1) is 26.2. The van der Waals surface area contributed by atoms with E-state index in [4.69, 9.17) is 0 Å². The molecule has 0 unspecified atom stereocenters. The van der Waals surface area contributed by atoms with Gasteiger partial charge >= 0.3 is 102 Å². The summed E-state index contributed by atoms with van der Waals surface area (Å²) >= 11 is 3.17. The van der Waals surface area contributed by atoms with E-state index < -0.39 is 0 Å². The minimum Gasteiger partial charge on any atom is -0.152 e. The topological polar surface area (TPSA) is 0 Å². The molecule has 140 valence electrons. The number of benzene rings is 2. The van der Waals surface area contributed by atoms with Crippen molar-refractivity contribution < 1.29 is 0 Å². The molecule has 0 saturated carbocycles. The molecule has 0 amide bonds. The predicted octanol–water partition coefficient (Wildman–Crippen LogP) is 7.43. The summed E-state index contributed by atoms with van der Waals surface area (Å²) in [6.45, 7) is 0. The van der Waals surface area contributed by atoms with Gasteiger partial charge in [-0.2, -0.15) is 22.7 Å². The van der Waals surface area contributed by atoms with E-state index >= 15 is 0 Å². The van der Waals surface area contributed by atoms with Crippen molar-refractivity contribution in [2.24, 2.45) is 0 Å². The van der Waals surface area contributed by atoms with Crippen LogP contribution in [0.2, 0.25) is 0 Å². The third kappa shape index (κ3) is 13.9. The van der Waals surface area contributed by atoms with E-state index in [0.717, 1.165) is 0 Å². The van der Waals surface area contributed by atoms with Crippen LogP contribution in [0.15, 0.2) is 106 Å². The van der Waals surface area contributed by atoms with Crippen LogP contribution in [0.5, 0.6) is 0 Å². The summed E-state index contributed by atoms with van der Waals surface area (Å²) in [5.74, 6) is 0. The van der Waals surface area contributed by atoms with Crippen LogP contribution in [0.4, 0.5) is 0 Å². The van der Waals surface area contributed by atoms with Crippen molar-refractivity contribution in [3.63, 3.8) is 0 Å². The summed E-state index contributed by atoms with van der Waals surface area (Å²) < 4.78 is 2.69. The van der Waals surface area contributed by atoms with Gasteiger partial charge in [-0.05, 0) is 21.5 Å². The smallest absolute Gasteiger partial charge is 0.00934 e. The third-order valence-corrected chi connectivity index (χ3v) is 8.21. The molecule has 2 heterocycles. The zero-order valence-electron chi connectivity index (χ0n) is 14.9. The maximum Gasteiger partial charge on any atom is -0.00934 e. The molecule has 0 fully saturated rings. The van der Waals surface area contributed by atoms with E-state index in [1.54, 1.807) is 22.7 Å². The summed E-state index contributed by atoms with van der Waals surface area (Å²) in [4.78, 5) is 0. The van der Waals surface area contributed by atoms with Crippen LogP contribution in [-0.4, -0.2) is 21.1 Å².